The standard InChI is InChI=1S/C18H18N2O3/c19-16(9-18(21)22)15-10-20-17-8-13(6-7-14(15)17)23-11-12-4-2-1-3-5-12/h1-8,10,16,20H,9,11,19H2,(H,21,22)/t16-/m0/s1. The first-order chi connectivity index (χ1) is 11.1. The van der Waals surface area contributed by atoms with Crippen LogP contribution in [0.5, 0.6) is 5.75 Å². The Bertz CT molecular complexity index is 812. The van der Waals surface area contributed by atoms with Crippen molar-refractivity contribution >= 4 is 16.9 Å². The molecule has 1 aromatic heterocycles. The average Bonchev–Trinajstić information content (AvgIpc) is 2.96. The van der Waals surface area contributed by atoms with Gasteiger partial charge in [0, 0.05) is 29.2 Å². The average molecular weight is 310 g/mol. The number of aromatic amines is 1. The van der Waals surface area contributed by atoms with E-state index in [0.29, 0.717) is 6.61 Å². The Labute approximate surface area is 133 Å². The summed E-state index contributed by atoms with van der Waals surface area (Å²) in [4.78, 5) is 13.9. The van der Waals surface area contributed by atoms with Crippen molar-refractivity contribution in [3.05, 3.63) is 65.9 Å². The molecule has 3 rings (SSSR count). The second-order valence-corrected chi connectivity index (χ2v) is 5.43. The number of hydrogen-bond acceptors (Lipinski definition) is 3. The lowest BCUT2D eigenvalue weighted by molar-refractivity contribution is -0.137. The Morgan fingerprint density at radius 3 is 2.74 bits per heavy atom. The normalized spacial score (nSPS) is 12.2. The molecular weight excluding hydrogens is 292 g/mol. The third-order valence-electron chi connectivity index (χ3n) is 3.73. The van der Waals surface area contributed by atoms with Gasteiger partial charge in [-0.1, -0.05) is 30.3 Å². The summed E-state index contributed by atoms with van der Waals surface area (Å²) in [6.45, 7) is 0.498. The van der Waals surface area contributed by atoms with Crippen LogP contribution in [0.25, 0.3) is 10.9 Å². The first kappa shape index (κ1) is 15.1. The van der Waals surface area contributed by atoms with E-state index >= 15 is 0 Å². The highest BCUT2D eigenvalue weighted by Crippen LogP contribution is 2.28. The number of aromatic nitrogens is 1. The van der Waals surface area contributed by atoms with Crippen molar-refractivity contribution in [2.45, 2.75) is 19.1 Å². The van der Waals surface area contributed by atoms with Gasteiger partial charge in [-0.25, -0.2) is 0 Å². The molecule has 0 fully saturated rings. The zero-order chi connectivity index (χ0) is 16.2. The predicted octanol–water partition coefficient (Wildman–Crippen LogP) is 3.22. The van der Waals surface area contributed by atoms with Crippen LogP contribution in [0.15, 0.2) is 54.7 Å². The number of hydrogen-bond donors (Lipinski definition) is 3. The topological polar surface area (TPSA) is 88.3 Å². The Morgan fingerprint density at radius 1 is 1.22 bits per heavy atom. The summed E-state index contributed by atoms with van der Waals surface area (Å²) in [5.41, 5.74) is 8.73. The van der Waals surface area contributed by atoms with E-state index in [0.717, 1.165) is 27.8 Å². The Kier molecular flexibility index (Phi) is 4.30. The number of H-pyrrole nitrogens is 1. The second kappa shape index (κ2) is 6.54. The maximum absolute atomic E-state index is 10.8. The van der Waals surface area contributed by atoms with Crippen LogP contribution in [-0.2, 0) is 11.4 Å². The van der Waals surface area contributed by atoms with Gasteiger partial charge in [0.25, 0.3) is 0 Å². The van der Waals surface area contributed by atoms with Gasteiger partial charge in [-0.3, -0.25) is 4.79 Å². The van der Waals surface area contributed by atoms with Gasteiger partial charge in [0.15, 0.2) is 0 Å². The van der Waals surface area contributed by atoms with Crippen LogP contribution in [0.4, 0.5) is 0 Å². The van der Waals surface area contributed by atoms with Gasteiger partial charge in [-0.2, -0.15) is 0 Å². The molecule has 0 aliphatic rings. The van der Waals surface area contributed by atoms with Gasteiger partial charge in [0.1, 0.15) is 12.4 Å². The minimum atomic E-state index is -0.908. The second-order valence-electron chi connectivity index (χ2n) is 5.43. The van der Waals surface area contributed by atoms with E-state index in [4.69, 9.17) is 15.6 Å². The Hall–Kier alpha value is -2.79. The number of nitrogens with two attached hydrogens (primary N) is 1. The number of benzene rings is 2. The highest BCUT2D eigenvalue weighted by atomic mass is 16.5. The molecule has 0 bridgehead atoms. The largest absolute Gasteiger partial charge is 0.489 e. The fourth-order valence-corrected chi connectivity index (χ4v) is 2.56. The fraction of sp³-hybridized carbons (Fsp3) is 0.167. The predicted molar refractivity (Wildman–Crippen MR) is 88.3 cm³/mol. The summed E-state index contributed by atoms with van der Waals surface area (Å²) in [5, 5.41) is 9.79. The molecule has 1 atom stereocenters. The lowest BCUT2D eigenvalue weighted by Crippen LogP contribution is -2.14. The monoisotopic (exact) mass is 310 g/mol. The molecule has 0 saturated heterocycles. The third-order valence-corrected chi connectivity index (χ3v) is 3.73. The maximum Gasteiger partial charge on any atom is 0.305 e. The molecule has 0 aliphatic carbocycles. The molecule has 3 aromatic rings. The van der Waals surface area contributed by atoms with Crippen molar-refractivity contribution in [2.75, 3.05) is 0 Å². The molecule has 2 aromatic carbocycles. The fourth-order valence-electron chi connectivity index (χ4n) is 2.56. The maximum atomic E-state index is 10.8. The minimum absolute atomic E-state index is 0.0980. The molecule has 4 N–H and O–H groups in total. The molecule has 23 heavy (non-hydrogen) atoms. The summed E-state index contributed by atoms with van der Waals surface area (Å²) in [6.07, 6.45) is 1.67. The van der Waals surface area contributed by atoms with E-state index in [1.807, 2.05) is 48.5 Å². The van der Waals surface area contributed by atoms with E-state index in [2.05, 4.69) is 4.98 Å². The molecule has 0 radical (unpaired) electrons. The van der Waals surface area contributed by atoms with Crippen molar-refractivity contribution in [3.63, 3.8) is 0 Å². The highest BCUT2D eigenvalue weighted by molar-refractivity contribution is 5.85. The number of ether oxygens (including phenoxy) is 1. The molecular formula is C18H18N2O3. The molecule has 1 heterocycles. The van der Waals surface area contributed by atoms with E-state index in [9.17, 15) is 4.79 Å². The minimum Gasteiger partial charge on any atom is -0.489 e. The molecule has 0 saturated carbocycles. The van der Waals surface area contributed by atoms with Gasteiger partial charge >= 0.3 is 5.97 Å². The van der Waals surface area contributed by atoms with E-state index in [1.165, 1.54) is 0 Å². The Morgan fingerprint density at radius 2 is 2.00 bits per heavy atom. The number of rotatable bonds is 6. The number of fused-ring (bicyclic) bond motifs is 1. The van der Waals surface area contributed by atoms with Crippen LogP contribution in [-0.4, -0.2) is 16.1 Å². The van der Waals surface area contributed by atoms with Crippen molar-refractivity contribution in [3.8, 4) is 5.75 Å². The Balaban J connectivity index is 1.76. The van der Waals surface area contributed by atoms with Crippen LogP contribution in [0, 0.1) is 0 Å². The summed E-state index contributed by atoms with van der Waals surface area (Å²) in [6, 6.07) is 15.1. The van der Waals surface area contributed by atoms with Crippen LogP contribution in [0.1, 0.15) is 23.6 Å². The van der Waals surface area contributed by atoms with Gasteiger partial charge in [0.05, 0.1) is 6.42 Å². The van der Waals surface area contributed by atoms with Gasteiger partial charge in [-0.15, -0.1) is 0 Å². The van der Waals surface area contributed by atoms with Crippen molar-refractivity contribution in [1.29, 1.82) is 0 Å². The molecule has 0 unspecified atom stereocenters. The van der Waals surface area contributed by atoms with E-state index < -0.39 is 12.0 Å². The first-order valence-corrected chi connectivity index (χ1v) is 7.38. The number of carboxylic acid groups (broad SMARTS) is 1. The van der Waals surface area contributed by atoms with Gasteiger partial charge < -0.3 is 20.6 Å². The van der Waals surface area contributed by atoms with Crippen LogP contribution in [0.3, 0.4) is 0 Å². The highest BCUT2D eigenvalue weighted by Gasteiger charge is 2.15. The molecule has 118 valence electrons. The van der Waals surface area contributed by atoms with Gasteiger partial charge in [0.2, 0.25) is 0 Å². The van der Waals surface area contributed by atoms with E-state index in [1.54, 1.807) is 6.20 Å². The number of nitrogens with one attached hydrogen (secondary N) is 1. The van der Waals surface area contributed by atoms with E-state index in [-0.39, 0.29) is 6.42 Å². The summed E-state index contributed by atoms with van der Waals surface area (Å²) < 4.78 is 5.79. The van der Waals surface area contributed by atoms with Crippen LogP contribution >= 0.6 is 0 Å². The molecule has 0 aliphatic heterocycles. The number of aliphatic carboxylic acids is 1. The smallest absolute Gasteiger partial charge is 0.305 e. The molecule has 5 nitrogen and oxygen atoms in total. The van der Waals surface area contributed by atoms with Crippen molar-refractivity contribution in [2.24, 2.45) is 5.73 Å². The quantitative estimate of drug-likeness (QED) is 0.652. The SMILES string of the molecule is N[C@@H](CC(=O)O)c1c[nH]c2cc(OCc3ccccc3)ccc12. The van der Waals surface area contributed by atoms with Crippen molar-refractivity contribution in [1.82, 2.24) is 4.98 Å². The third kappa shape index (κ3) is 3.52. The van der Waals surface area contributed by atoms with Gasteiger partial charge in [-0.05, 0) is 23.3 Å². The number of carbonyl (C=O) groups is 1. The molecule has 5 heteroatoms. The summed E-state index contributed by atoms with van der Waals surface area (Å²) in [7, 11) is 0. The van der Waals surface area contributed by atoms with Crippen LogP contribution < -0.4 is 10.5 Å². The molecule has 0 amide bonds. The summed E-state index contributed by atoms with van der Waals surface area (Å²) in [5.74, 6) is -0.156. The lowest BCUT2D eigenvalue weighted by Gasteiger charge is -2.09. The number of carboxylic acids is 1. The first-order valence-electron chi connectivity index (χ1n) is 7.38. The van der Waals surface area contributed by atoms with Crippen LogP contribution in [0.2, 0.25) is 0 Å². The lowest BCUT2D eigenvalue weighted by atomic mass is 10.0. The van der Waals surface area contributed by atoms with Crippen molar-refractivity contribution < 1.29 is 14.6 Å². The summed E-state index contributed by atoms with van der Waals surface area (Å²) >= 11 is 0. The zero-order valence-electron chi connectivity index (χ0n) is 12.5. The zero-order valence-corrected chi connectivity index (χ0v) is 12.5. The molecule has 0 spiro atoms.